The Bertz CT molecular complexity index is 15.0. The molecule has 4 heteroatoms. The molecule has 0 aromatic carbocycles. The molecule has 0 saturated heterocycles. The molecule has 0 radical (unpaired) electrons. The fourth-order valence-electron chi connectivity index (χ4n) is 0. The smallest absolute Gasteiger partial charge is 0.358 e. The Labute approximate surface area is 175 Å². The second-order valence-electron chi connectivity index (χ2n) is 0. The van der Waals surface area contributed by atoms with E-state index in [9.17, 15) is 0 Å². The van der Waals surface area contributed by atoms with E-state index in [1.807, 2.05) is 41.5 Å². The first-order valence-electron chi connectivity index (χ1n) is 3.00. The quantitative estimate of drug-likeness (QED) is 0.273. The molecule has 0 aromatic rings. The van der Waals surface area contributed by atoms with Crippen molar-refractivity contribution >= 4 is 19.8 Å². The van der Waals surface area contributed by atoms with Crippen LogP contribution in [0.25, 0.3) is 0 Å². The van der Waals surface area contributed by atoms with E-state index in [1.54, 1.807) is 0 Å². The van der Waals surface area contributed by atoms with Crippen LogP contribution in [0.3, 0.4) is 0 Å². The normalized spacial score (nSPS) is 1.50. The monoisotopic (exact) mass is 266 g/mol. The zero-order valence-corrected chi connectivity index (χ0v) is 20.5. The van der Waals surface area contributed by atoms with E-state index in [-0.39, 0.29) is 137 Å². The van der Waals surface area contributed by atoms with E-state index < -0.39 is 0 Å². The topological polar surface area (TPSA) is 0 Å². The minimum atomic E-state index is 0. The Kier molecular flexibility index (Phi) is 1070. The Hall–Kier alpha value is 4.13. The zero-order valence-electron chi connectivity index (χ0n) is 11.4. The molecular formula is C8H30K2P2. The Morgan fingerprint density at radius 3 is 0.417 bits per heavy atom. The third-order valence-corrected chi connectivity index (χ3v) is 0. The molecule has 0 heterocycles. The van der Waals surface area contributed by atoms with Crippen molar-refractivity contribution in [2.24, 2.45) is 0 Å². The minimum absolute atomic E-state index is 0. The van der Waals surface area contributed by atoms with Gasteiger partial charge in [0, 0.05) is 0 Å². The van der Waals surface area contributed by atoms with Gasteiger partial charge in [-0.2, -0.15) is 19.8 Å². The van der Waals surface area contributed by atoms with Gasteiger partial charge >= 0.3 is 103 Å². The average molecular weight is 266 g/mol. The summed E-state index contributed by atoms with van der Waals surface area (Å²) in [5.41, 5.74) is 0. The molecular weight excluding hydrogens is 236 g/mol. The van der Waals surface area contributed by atoms with Crippen LogP contribution in [0.2, 0.25) is 0 Å². The van der Waals surface area contributed by atoms with E-state index in [0.29, 0.717) is 0 Å². The summed E-state index contributed by atoms with van der Waals surface area (Å²) in [7, 11) is 0. The largest absolute Gasteiger partial charge is 1.00 e. The molecule has 0 rings (SSSR count). The first-order valence-corrected chi connectivity index (χ1v) is 3.00. The van der Waals surface area contributed by atoms with Gasteiger partial charge in [0.25, 0.3) is 0 Å². The van der Waals surface area contributed by atoms with Gasteiger partial charge < -0.3 is 14.9 Å². The van der Waals surface area contributed by atoms with Gasteiger partial charge in [0.15, 0.2) is 0 Å². The van der Waals surface area contributed by atoms with Crippen molar-refractivity contribution in [1.82, 2.24) is 0 Å². The maximum atomic E-state index is 2.00. The Balaban J connectivity index is -0.00000000129. The second kappa shape index (κ2) is 177. The maximum Gasteiger partial charge on any atom is 1.00 e. The van der Waals surface area contributed by atoms with Crippen molar-refractivity contribution in [3.8, 4) is 0 Å². The van der Waals surface area contributed by atoms with Crippen molar-refractivity contribution in [1.29, 1.82) is 0 Å². The summed E-state index contributed by atoms with van der Waals surface area (Å²) in [6.07, 6.45) is 0. The van der Waals surface area contributed by atoms with E-state index in [1.165, 1.54) is 0 Å². The average Bonchev–Trinajstić information content (AvgIpc) is 1.81. The van der Waals surface area contributed by atoms with E-state index in [4.69, 9.17) is 0 Å². The second-order valence-corrected chi connectivity index (χ2v) is 0. The predicted molar refractivity (Wildman–Crippen MR) is 69.1 cm³/mol. The zero-order chi connectivity index (χ0) is 6.00. The SMILES string of the molecule is CC.CC.CC.P.P.[CH3-].[CH3-].[K+].[K+]. The molecule has 0 bridgehead atoms. The van der Waals surface area contributed by atoms with Crippen molar-refractivity contribution in [3.63, 3.8) is 0 Å². The molecule has 2 unspecified atom stereocenters. The molecule has 0 aliphatic rings. The molecule has 0 saturated carbocycles. The van der Waals surface area contributed by atoms with Crippen LogP contribution in [0.5, 0.6) is 0 Å². The molecule has 0 aliphatic carbocycles. The molecule has 0 aromatic heterocycles. The summed E-state index contributed by atoms with van der Waals surface area (Å²) in [6.45, 7) is 12.0. The molecule has 74 valence electrons. The van der Waals surface area contributed by atoms with Crippen LogP contribution in [0.1, 0.15) is 41.5 Å². The van der Waals surface area contributed by atoms with Crippen LogP contribution in [-0.4, -0.2) is 0 Å². The summed E-state index contributed by atoms with van der Waals surface area (Å²) in [6, 6.07) is 0. The number of rotatable bonds is 0. The van der Waals surface area contributed by atoms with Crippen molar-refractivity contribution < 1.29 is 103 Å². The first kappa shape index (κ1) is 72.6. The molecule has 0 fully saturated rings. The first-order chi connectivity index (χ1) is 3.00. The fraction of sp³-hybridized carbons (Fsp3) is 0.750. The third-order valence-electron chi connectivity index (χ3n) is 0. The van der Waals surface area contributed by atoms with Gasteiger partial charge in [-0.05, 0) is 0 Å². The van der Waals surface area contributed by atoms with Gasteiger partial charge in [-0.25, -0.2) is 0 Å². The molecule has 2 atom stereocenters. The van der Waals surface area contributed by atoms with E-state index in [0.717, 1.165) is 0 Å². The molecule has 0 N–H and O–H groups in total. The standard InChI is InChI=1S/3C2H6.2CH3.2K.2H3P/c3*1-2;;;;;;/h3*1-2H3;2*1H3;;;2*1H3/q;;;2*-1;2*+1;;. The Morgan fingerprint density at radius 2 is 0.417 bits per heavy atom. The number of hydrogen-bond acceptors (Lipinski definition) is 0. The van der Waals surface area contributed by atoms with E-state index in [2.05, 4.69) is 0 Å². The molecule has 0 aliphatic heterocycles. The fourth-order valence-corrected chi connectivity index (χ4v) is 0. The molecule has 0 nitrogen and oxygen atoms in total. The summed E-state index contributed by atoms with van der Waals surface area (Å²) in [5.74, 6) is 0. The van der Waals surface area contributed by atoms with Gasteiger partial charge in [-0.3, -0.25) is 0 Å². The van der Waals surface area contributed by atoms with E-state index >= 15 is 0 Å². The van der Waals surface area contributed by atoms with Crippen LogP contribution in [-0.2, 0) is 0 Å². The predicted octanol–water partition coefficient (Wildman–Crippen LogP) is -1.90. The summed E-state index contributed by atoms with van der Waals surface area (Å²) >= 11 is 0. The van der Waals surface area contributed by atoms with Gasteiger partial charge in [0.05, 0.1) is 0 Å². The van der Waals surface area contributed by atoms with Crippen molar-refractivity contribution in [2.75, 3.05) is 0 Å². The summed E-state index contributed by atoms with van der Waals surface area (Å²) in [5, 5.41) is 0. The molecule has 0 spiro atoms. The van der Waals surface area contributed by atoms with Gasteiger partial charge in [-0.15, -0.1) is 0 Å². The molecule has 0 amide bonds. The van der Waals surface area contributed by atoms with Crippen molar-refractivity contribution in [3.05, 3.63) is 14.9 Å². The van der Waals surface area contributed by atoms with Crippen LogP contribution < -0.4 is 103 Å². The maximum absolute atomic E-state index is 2.00. The summed E-state index contributed by atoms with van der Waals surface area (Å²) in [4.78, 5) is 0. The molecule has 12 heavy (non-hydrogen) atoms. The number of hydrogen-bond donors (Lipinski definition) is 0. The summed E-state index contributed by atoms with van der Waals surface area (Å²) < 4.78 is 0. The van der Waals surface area contributed by atoms with Crippen LogP contribution in [0, 0.1) is 14.9 Å². The Morgan fingerprint density at radius 1 is 0.417 bits per heavy atom. The van der Waals surface area contributed by atoms with Crippen LogP contribution in [0.15, 0.2) is 0 Å². The van der Waals surface area contributed by atoms with Gasteiger partial charge in [-0.1, -0.05) is 41.5 Å². The van der Waals surface area contributed by atoms with Crippen LogP contribution in [0.4, 0.5) is 0 Å². The van der Waals surface area contributed by atoms with Crippen LogP contribution >= 0.6 is 19.8 Å². The van der Waals surface area contributed by atoms with Gasteiger partial charge in [0.2, 0.25) is 0 Å². The van der Waals surface area contributed by atoms with Crippen molar-refractivity contribution in [2.45, 2.75) is 41.5 Å². The minimum Gasteiger partial charge on any atom is -0.358 e. The third kappa shape index (κ3) is 143. The van der Waals surface area contributed by atoms with Gasteiger partial charge in [0.1, 0.15) is 0 Å².